The first-order valence-corrected chi connectivity index (χ1v) is 11.3. The average Bonchev–Trinajstić information content (AvgIpc) is 3.73. The smallest absolute Gasteiger partial charge is 0.162 e. The Bertz CT molecular complexity index is 1990. The van der Waals surface area contributed by atoms with Crippen molar-refractivity contribution in [2.45, 2.75) is 0 Å². The summed E-state index contributed by atoms with van der Waals surface area (Å²) in [4.78, 5) is 0. The predicted molar refractivity (Wildman–Crippen MR) is 130 cm³/mol. The maximum absolute atomic E-state index is 4.90. The summed E-state index contributed by atoms with van der Waals surface area (Å²) in [5.41, 5.74) is 8.84. The van der Waals surface area contributed by atoms with Gasteiger partial charge in [0.1, 0.15) is 0 Å². The Morgan fingerprint density at radius 1 is 0.389 bits per heavy atom. The van der Waals surface area contributed by atoms with E-state index in [0.29, 0.717) is 0 Å². The minimum atomic E-state index is 0.833. The van der Waals surface area contributed by atoms with Crippen LogP contribution in [-0.4, -0.2) is 57.7 Å². The van der Waals surface area contributed by atoms with E-state index < -0.39 is 0 Å². The molecule has 0 saturated heterocycles. The number of nitrogens with zero attached hydrogens (tertiary/aromatic N) is 12. The van der Waals surface area contributed by atoms with Crippen LogP contribution in [0.25, 0.3) is 56.4 Å². The molecule has 0 fully saturated rings. The number of rotatable bonds is 2. The van der Waals surface area contributed by atoms with Crippen molar-refractivity contribution in [2.24, 2.45) is 0 Å². The molecule has 0 bridgehead atoms. The van der Waals surface area contributed by atoms with Crippen LogP contribution in [0.3, 0.4) is 0 Å². The molecule has 0 saturated carbocycles. The fourth-order valence-corrected chi connectivity index (χ4v) is 5.03. The largest absolute Gasteiger partial charge is 0.197 e. The highest BCUT2D eigenvalue weighted by Crippen LogP contribution is 2.28. The van der Waals surface area contributed by atoms with Crippen LogP contribution in [0.1, 0.15) is 0 Å². The lowest BCUT2D eigenvalue weighted by atomic mass is 10.1. The molecule has 8 aromatic heterocycles. The third-order valence-corrected chi connectivity index (χ3v) is 6.63. The molecule has 8 heterocycles. The molecular formula is C24H14N12. The molecule has 36 heavy (non-hydrogen) atoms. The van der Waals surface area contributed by atoms with E-state index in [1.54, 1.807) is 24.8 Å². The van der Waals surface area contributed by atoms with Gasteiger partial charge in [0.05, 0.1) is 36.2 Å². The first-order valence-electron chi connectivity index (χ1n) is 11.3. The molecule has 0 radical (unpaired) electrons. The molecule has 9 rings (SSSR count). The van der Waals surface area contributed by atoms with Gasteiger partial charge in [-0.15, -0.1) is 0 Å². The molecule has 170 valence electrons. The zero-order valence-electron chi connectivity index (χ0n) is 18.4. The number of aromatic nitrogens is 12. The van der Waals surface area contributed by atoms with E-state index in [-0.39, 0.29) is 0 Å². The van der Waals surface area contributed by atoms with Crippen molar-refractivity contribution in [2.75, 3.05) is 0 Å². The summed E-state index contributed by atoms with van der Waals surface area (Å²) in [6.07, 6.45) is 7.06. The van der Waals surface area contributed by atoms with Crippen LogP contribution in [0, 0.1) is 0 Å². The molecule has 9 aromatic rings. The van der Waals surface area contributed by atoms with Crippen molar-refractivity contribution in [3.05, 3.63) is 85.5 Å². The summed E-state index contributed by atoms with van der Waals surface area (Å²) in [5.74, 6) is 0. The molecule has 0 aliphatic heterocycles. The monoisotopic (exact) mass is 470 g/mol. The standard InChI is InChI=1S/C24H14N12/c1-2-15(17-13-23-33-19(4-8-27-33)31-21(6-10-25-31)35(23)29-17)12-16(3-1)18-14-24-34-20(5-9-28-34)32-22(7-11-26-32)36(24)30-18/h1-14H. The minimum absolute atomic E-state index is 0.833. The quantitative estimate of drug-likeness (QED) is 0.385. The molecule has 0 unspecified atom stereocenters. The van der Waals surface area contributed by atoms with Gasteiger partial charge in [-0.2, -0.15) is 57.7 Å². The second-order valence-electron chi connectivity index (χ2n) is 8.58. The third-order valence-electron chi connectivity index (χ3n) is 6.63. The fraction of sp³-hybridized carbons (Fsp3) is 0. The summed E-state index contributed by atoms with van der Waals surface area (Å²) < 4.78 is 11.1. The predicted octanol–water partition coefficient (Wildman–Crippen LogP) is 2.91. The fourth-order valence-electron chi connectivity index (χ4n) is 5.03. The number of hydrogen-bond acceptors (Lipinski definition) is 6. The van der Waals surface area contributed by atoms with Crippen molar-refractivity contribution < 1.29 is 0 Å². The summed E-state index contributed by atoms with van der Waals surface area (Å²) in [6.45, 7) is 0. The first-order chi connectivity index (χ1) is 17.8. The summed E-state index contributed by atoms with van der Waals surface area (Å²) in [7, 11) is 0. The highest BCUT2D eigenvalue weighted by molar-refractivity contribution is 5.75. The van der Waals surface area contributed by atoms with Crippen LogP contribution < -0.4 is 0 Å². The van der Waals surface area contributed by atoms with Crippen molar-refractivity contribution in [1.82, 2.24) is 57.7 Å². The highest BCUT2D eigenvalue weighted by atomic mass is 15.4. The lowest BCUT2D eigenvalue weighted by molar-refractivity contribution is 0.829. The Labute approximate surface area is 199 Å². The number of fused-ring (bicyclic) bond motifs is 12. The van der Waals surface area contributed by atoms with E-state index in [2.05, 4.69) is 38.6 Å². The van der Waals surface area contributed by atoms with Crippen LogP contribution in [-0.2, 0) is 0 Å². The molecule has 0 N–H and O–H groups in total. The van der Waals surface area contributed by atoms with Gasteiger partial charge in [-0.3, -0.25) is 0 Å². The number of hydrogen-bond donors (Lipinski definition) is 0. The van der Waals surface area contributed by atoms with E-state index in [4.69, 9.17) is 10.2 Å². The average molecular weight is 470 g/mol. The second kappa shape index (κ2) is 6.13. The van der Waals surface area contributed by atoms with Crippen molar-refractivity contribution in [3.63, 3.8) is 0 Å². The second-order valence-corrected chi connectivity index (χ2v) is 8.58. The molecule has 0 aliphatic rings. The molecule has 0 spiro atoms. The normalized spacial score (nSPS) is 12.4. The zero-order valence-corrected chi connectivity index (χ0v) is 18.4. The van der Waals surface area contributed by atoms with Crippen molar-refractivity contribution in [1.29, 1.82) is 0 Å². The Morgan fingerprint density at radius 3 is 1.22 bits per heavy atom. The van der Waals surface area contributed by atoms with Gasteiger partial charge in [0.25, 0.3) is 0 Å². The lowest BCUT2D eigenvalue weighted by Crippen LogP contribution is -2.04. The topological polar surface area (TPSA) is 104 Å². The maximum Gasteiger partial charge on any atom is 0.162 e. The Hall–Kier alpha value is -5.52. The van der Waals surface area contributed by atoms with Crippen LogP contribution in [0.4, 0.5) is 0 Å². The Kier molecular flexibility index (Phi) is 3.04. The SMILES string of the molecule is c1cc(-c2cc3n4nccc4n4nccc4n3n2)cc(-c2cc3n4nccc4n4nccc4n3n2)c1. The van der Waals surface area contributed by atoms with Crippen LogP contribution in [0.2, 0.25) is 0 Å². The molecule has 12 nitrogen and oxygen atoms in total. The molecule has 12 heteroatoms. The Balaban J connectivity index is 1.26. The molecular weight excluding hydrogens is 456 g/mol. The maximum atomic E-state index is 4.90. The van der Waals surface area contributed by atoms with Gasteiger partial charge >= 0.3 is 0 Å². The van der Waals surface area contributed by atoms with E-state index in [0.717, 1.165) is 56.4 Å². The van der Waals surface area contributed by atoms with Gasteiger partial charge < -0.3 is 0 Å². The highest BCUT2D eigenvalue weighted by Gasteiger charge is 2.16. The molecule has 1 aromatic carbocycles. The number of benzene rings is 1. The zero-order chi connectivity index (χ0) is 23.4. The van der Waals surface area contributed by atoms with Gasteiger partial charge in [-0.05, 0) is 6.07 Å². The van der Waals surface area contributed by atoms with Gasteiger partial charge in [-0.25, -0.2) is 0 Å². The third kappa shape index (κ3) is 2.13. The van der Waals surface area contributed by atoms with Crippen molar-refractivity contribution in [3.8, 4) is 22.5 Å². The van der Waals surface area contributed by atoms with Crippen LogP contribution in [0.5, 0.6) is 0 Å². The van der Waals surface area contributed by atoms with Gasteiger partial charge in [-0.1, -0.05) is 18.2 Å². The Morgan fingerprint density at radius 2 is 0.778 bits per heavy atom. The van der Waals surface area contributed by atoms with Crippen molar-refractivity contribution >= 4 is 33.9 Å². The summed E-state index contributed by atoms with van der Waals surface area (Å²) in [5, 5.41) is 27.6. The molecule has 0 atom stereocenters. The summed E-state index contributed by atoms with van der Waals surface area (Å²) in [6, 6.07) is 20.1. The lowest BCUT2D eigenvalue weighted by Gasteiger charge is -2.02. The summed E-state index contributed by atoms with van der Waals surface area (Å²) >= 11 is 0. The first kappa shape index (κ1) is 17.9. The van der Waals surface area contributed by atoms with E-state index in [9.17, 15) is 0 Å². The van der Waals surface area contributed by atoms with Gasteiger partial charge in [0.2, 0.25) is 0 Å². The van der Waals surface area contributed by atoms with Crippen LogP contribution in [0.15, 0.2) is 85.5 Å². The van der Waals surface area contributed by atoms with Gasteiger partial charge in [0.15, 0.2) is 33.9 Å². The minimum Gasteiger partial charge on any atom is -0.197 e. The van der Waals surface area contributed by atoms with Gasteiger partial charge in [0, 0.05) is 47.5 Å². The van der Waals surface area contributed by atoms with E-state index >= 15 is 0 Å². The van der Waals surface area contributed by atoms with E-state index in [1.165, 1.54) is 0 Å². The molecule has 0 aliphatic carbocycles. The van der Waals surface area contributed by atoms with E-state index in [1.807, 2.05) is 69.6 Å². The van der Waals surface area contributed by atoms with Crippen LogP contribution >= 0.6 is 0 Å². The molecule has 0 amide bonds.